The Labute approximate surface area is 130 Å². The summed E-state index contributed by atoms with van der Waals surface area (Å²) >= 11 is 9.14. The zero-order valence-corrected chi connectivity index (χ0v) is 13.9. The van der Waals surface area contributed by atoms with Gasteiger partial charge in [-0.05, 0) is 34.5 Å². The van der Waals surface area contributed by atoms with Gasteiger partial charge in [0.25, 0.3) is 10.0 Å². The second-order valence-corrected chi connectivity index (χ2v) is 6.96. The third kappa shape index (κ3) is 3.03. The summed E-state index contributed by atoms with van der Waals surface area (Å²) in [4.78, 5) is 0. The molecule has 1 N–H and O–H groups in total. The molecule has 1 aromatic heterocycles. The van der Waals surface area contributed by atoms with E-state index in [-0.39, 0.29) is 9.63 Å². The van der Waals surface area contributed by atoms with E-state index in [1.807, 2.05) is 0 Å². The van der Waals surface area contributed by atoms with Crippen LogP contribution in [0.5, 0.6) is 0 Å². The van der Waals surface area contributed by atoms with Gasteiger partial charge >= 0.3 is 0 Å². The van der Waals surface area contributed by atoms with Crippen LogP contribution in [0.1, 0.15) is 18.5 Å². The minimum atomic E-state index is -3.76. The van der Waals surface area contributed by atoms with Crippen molar-refractivity contribution in [2.75, 3.05) is 0 Å². The molecule has 0 aliphatic carbocycles. The quantitative estimate of drug-likeness (QED) is 0.884. The average molecular weight is 380 g/mol. The Bertz CT molecular complexity index is 712. The minimum absolute atomic E-state index is 0.0311. The standard InChI is InChI=1S/C11H12BrClN4O2S/c1-7(8-5-3-4-6-9(8)13)15-20(18,19)11-10(12)14-16-17(11)2/h3-7,15H,1-2H3. The van der Waals surface area contributed by atoms with Gasteiger partial charge in [0, 0.05) is 18.1 Å². The van der Waals surface area contributed by atoms with Crippen molar-refractivity contribution in [2.45, 2.75) is 18.0 Å². The van der Waals surface area contributed by atoms with Crippen LogP contribution in [0.15, 0.2) is 33.9 Å². The van der Waals surface area contributed by atoms with Crippen LogP contribution in [0.4, 0.5) is 0 Å². The lowest BCUT2D eigenvalue weighted by atomic mass is 10.1. The first kappa shape index (κ1) is 15.4. The van der Waals surface area contributed by atoms with Gasteiger partial charge in [0.2, 0.25) is 5.03 Å². The summed E-state index contributed by atoms with van der Waals surface area (Å²) in [6.45, 7) is 1.72. The summed E-state index contributed by atoms with van der Waals surface area (Å²) in [5.41, 5.74) is 0.698. The molecule has 1 unspecified atom stereocenters. The maximum absolute atomic E-state index is 12.3. The molecule has 108 valence electrons. The number of sulfonamides is 1. The summed E-state index contributed by atoms with van der Waals surface area (Å²) < 4.78 is 28.6. The Morgan fingerprint density at radius 1 is 1.40 bits per heavy atom. The Kier molecular flexibility index (Phi) is 4.48. The summed E-state index contributed by atoms with van der Waals surface area (Å²) in [6, 6.07) is 6.59. The van der Waals surface area contributed by atoms with E-state index in [2.05, 4.69) is 31.0 Å². The van der Waals surface area contributed by atoms with Crippen LogP contribution in [0.2, 0.25) is 5.02 Å². The van der Waals surface area contributed by atoms with Gasteiger partial charge in [0.1, 0.15) is 0 Å². The van der Waals surface area contributed by atoms with Crippen molar-refractivity contribution in [1.29, 1.82) is 0 Å². The maximum atomic E-state index is 12.3. The average Bonchev–Trinajstić information content (AvgIpc) is 2.69. The first-order valence-corrected chi connectivity index (χ1v) is 8.30. The highest BCUT2D eigenvalue weighted by molar-refractivity contribution is 9.10. The largest absolute Gasteiger partial charge is 0.261 e. The van der Waals surface area contributed by atoms with Crippen LogP contribution in [0.25, 0.3) is 0 Å². The first-order chi connectivity index (χ1) is 9.33. The van der Waals surface area contributed by atoms with Gasteiger partial charge in [-0.1, -0.05) is 35.0 Å². The normalized spacial score (nSPS) is 13.4. The van der Waals surface area contributed by atoms with Gasteiger partial charge in [0.15, 0.2) is 4.60 Å². The van der Waals surface area contributed by atoms with Gasteiger partial charge in [-0.25, -0.2) is 17.8 Å². The number of benzene rings is 1. The number of rotatable bonds is 4. The molecule has 6 nitrogen and oxygen atoms in total. The van der Waals surface area contributed by atoms with E-state index in [1.54, 1.807) is 31.2 Å². The molecular formula is C11H12BrClN4O2S. The first-order valence-electron chi connectivity index (χ1n) is 5.65. The topological polar surface area (TPSA) is 76.9 Å². The number of nitrogens with one attached hydrogen (secondary N) is 1. The molecule has 2 rings (SSSR count). The predicted octanol–water partition coefficient (Wildman–Crippen LogP) is 2.27. The number of hydrogen-bond donors (Lipinski definition) is 1. The van der Waals surface area contributed by atoms with E-state index in [9.17, 15) is 8.42 Å². The minimum Gasteiger partial charge on any atom is -0.235 e. The maximum Gasteiger partial charge on any atom is 0.261 e. The fourth-order valence-electron chi connectivity index (χ4n) is 1.79. The Morgan fingerprint density at radius 2 is 2.05 bits per heavy atom. The van der Waals surface area contributed by atoms with E-state index in [4.69, 9.17) is 11.6 Å². The summed E-state index contributed by atoms with van der Waals surface area (Å²) in [5, 5.41) is 7.79. The number of aryl methyl sites for hydroxylation is 1. The second kappa shape index (κ2) is 5.80. The number of nitrogens with zero attached hydrogens (tertiary/aromatic N) is 3. The zero-order valence-electron chi connectivity index (χ0n) is 10.7. The molecular weight excluding hydrogens is 368 g/mol. The SMILES string of the molecule is CC(NS(=O)(=O)c1c(Br)nnn1C)c1ccccc1Cl. The Morgan fingerprint density at radius 3 is 2.60 bits per heavy atom. The molecule has 1 aromatic carbocycles. The number of hydrogen-bond acceptors (Lipinski definition) is 4. The second-order valence-electron chi connectivity index (χ2n) is 4.17. The molecule has 0 amide bonds. The van der Waals surface area contributed by atoms with E-state index in [1.165, 1.54) is 11.7 Å². The van der Waals surface area contributed by atoms with E-state index in [0.717, 1.165) is 0 Å². The summed E-state index contributed by atoms with van der Waals surface area (Å²) in [6.07, 6.45) is 0. The monoisotopic (exact) mass is 378 g/mol. The summed E-state index contributed by atoms with van der Waals surface area (Å²) in [5.74, 6) is 0. The van der Waals surface area contributed by atoms with Crippen molar-refractivity contribution in [2.24, 2.45) is 7.05 Å². The highest BCUT2D eigenvalue weighted by Gasteiger charge is 2.26. The Balaban J connectivity index is 2.32. The molecule has 0 saturated carbocycles. The fraction of sp³-hybridized carbons (Fsp3) is 0.273. The summed E-state index contributed by atoms with van der Waals surface area (Å²) in [7, 11) is -2.25. The molecule has 1 atom stereocenters. The van der Waals surface area contributed by atoms with Crippen molar-refractivity contribution in [1.82, 2.24) is 19.7 Å². The lowest BCUT2D eigenvalue weighted by Gasteiger charge is -2.15. The third-order valence-corrected chi connectivity index (χ3v) is 5.47. The van der Waals surface area contributed by atoms with Gasteiger partial charge in [0.05, 0.1) is 0 Å². The van der Waals surface area contributed by atoms with Crippen LogP contribution < -0.4 is 4.72 Å². The van der Waals surface area contributed by atoms with Gasteiger partial charge in [-0.3, -0.25) is 0 Å². The van der Waals surface area contributed by atoms with Crippen molar-refractivity contribution < 1.29 is 8.42 Å². The highest BCUT2D eigenvalue weighted by atomic mass is 79.9. The van der Waals surface area contributed by atoms with E-state index < -0.39 is 16.1 Å². The smallest absolute Gasteiger partial charge is 0.235 e. The molecule has 0 spiro atoms. The molecule has 20 heavy (non-hydrogen) atoms. The number of halogens is 2. The van der Waals surface area contributed by atoms with Crippen LogP contribution in [0.3, 0.4) is 0 Å². The lowest BCUT2D eigenvalue weighted by Crippen LogP contribution is -2.29. The lowest BCUT2D eigenvalue weighted by molar-refractivity contribution is 0.548. The molecule has 0 fully saturated rings. The Hall–Kier alpha value is -0.960. The molecule has 0 bridgehead atoms. The molecule has 0 saturated heterocycles. The van der Waals surface area contributed by atoms with Crippen molar-refractivity contribution in [3.05, 3.63) is 39.5 Å². The van der Waals surface area contributed by atoms with E-state index in [0.29, 0.717) is 10.6 Å². The van der Waals surface area contributed by atoms with Crippen molar-refractivity contribution >= 4 is 37.6 Å². The number of aromatic nitrogens is 3. The zero-order chi connectivity index (χ0) is 14.9. The molecule has 0 radical (unpaired) electrons. The van der Waals surface area contributed by atoms with Crippen molar-refractivity contribution in [3.8, 4) is 0 Å². The van der Waals surface area contributed by atoms with Gasteiger partial charge in [-0.2, -0.15) is 0 Å². The predicted molar refractivity (Wildman–Crippen MR) is 78.9 cm³/mol. The van der Waals surface area contributed by atoms with Crippen molar-refractivity contribution in [3.63, 3.8) is 0 Å². The third-order valence-electron chi connectivity index (χ3n) is 2.70. The van der Waals surface area contributed by atoms with E-state index >= 15 is 0 Å². The molecule has 0 aliphatic rings. The fourth-order valence-corrected chi connectivity index (χ4v) is 4.40. The van der Waals surface area contributed by atoms with Crippen LogP contribution in [-0.2, 0) is 17.1 Å². The molecule has 1 heterocycles. The van der Waals surface area contributed by atoms with Crippen LogP contribution in [-0.4, -0.2) is 23.4 Å². The van der Waals surface area contributed by atoms with Crippen LogP contribution in [0, 0.1) is 0 Å². The molecule has 2 aromatic rings. The van der Waals surface area contributed by atoms with Crippen LogP contribution >= 0.6 is 27.5 Å². The molecule has 0 aliphatic heterocycles. The van der Waals surface area contributed by atoms with Gasteiger partial charge < -0.3 is 0 Å². The highest BCUT2D eigenvalue weighted by Crippen LogP contribution is 2.25. The molecule has 9 heteroatoms. The van der Waals surface area contributed by atoms with Gasteiger partial charge in [-0.15, -0.1) is 5.10 Å².